The van der Waals surface area contributed by atoms with Gasteiger partial charge in [-0.05, 0) is 13.8 Å². The van der Waals surface area contributed by atoms with Crippen LogP contribution in [0.5, 0.6) is 23.0 Å². The number of methoxy groups -OCH3 is 1. The molecular formula is C17H16O7. The molecule has 0 bridgehead atoms. The highest BCUT2D eigenvalue weighted by Gasteiger charge is 2.45. The van der Waals surface area contributed by atoms with E-state index in [9.17, 15) is 14.7 Å². The molecule has 2 atom stereocenters. The molecule has 126 valence electrons. The van der Waals surface area contributed by atoms with E-state index in [1.54, 1.807) is 6.92 Å². The van der Waals surface area contributed by atoms with Crippen molar-refractivity contribution >= 4 is 11.6 Å². The average Bonchev–Trinajstić information content (AvgIpc) is 3.01. The van der Waals surface area contributed by atoms with Gasteiger partial charge in [0.05, 0.1) is 30.4 Å². The summed E-state index contributed by atoms with van der Waals surface area (Å²) in [5.41, 5.74) is 0.631. The van der Waals surface area contributed by atoms with Crippen LogP contribution in [0, 0.1) is 0 Å². The zero-order valence-electron chi connectivity index (χ0n) is 13.5. The molecule has 3 aliphatic rings. The normalized spacial score (nSPS) is 24.8. The Labute approximate surface area is 137 Å². The van der Waals surface area contributed by atoms with Crippen molar-refractivity contribution in [3.63, 3.8) is 0 Å². The number of carbonyl (C=O) groups excluding carboxylic acids is 2. The number of ether oxygens (including phenoxy) is 4. The second kappa shape index (κ2) is 4.98. The van der Waals surface area contributed by atoms with Crippen LogP contribution < -0.4 is 14.2 Å². The van der Waals surface area contributed by atoms with E-state index in [2.05, 4.69) is 0 Å². The number of phenolic OH excluding ortho intramolecular Hbond substituents is 1. The first-order valence-electron chi connectivity index (χ1n) is 7.66. The molecule has 7 nitrogen and oxygen atoms in total. The average molecular weight is 332 g/mol. The molecule has 0 saturated heterocycles. The van der Waals surface area contributed by atoms with E-state index in [-0.39, 0.29) is 52.8 Å². The highest BCUT2D eigenvalue weighted by atomic mass is 16.7. The van der Waals surface area contributed by atoms with Crippen molar-refractivity contribution in [1.82, 2.24) is 0 Å². The first kappa shape index (κ1) is 15.0. The molecule has 2 aliphatic heterocycles. The lowest BCUT2D eigenvalue weighted by Crippen LogP contribution is -2.36. The van der Waals surface area contributed by atoms with Crippen LogP contribution in [0.1, 0.15) is 41.0 Å². The monoisotopic (exact) mass is 332 g/mol. The summed E-state index contributed by atoms with van der Waals surface area (Å²) >= 11 is 0. The Morgan fingerprint density at radius 1 is 1.08 bits per heavy atom. The number of hydrogen-bond donors (Lipinski definition) is 1. The van der Waals surface area contributed by atoms with Crippen molar-refractivity contribution < 1.29 is 33.6 Å². The van der Waals surface area contributed by atoms with E-state index in [0.717, 1.165) is 0 Å². The minimum atomic E-state index is -0.509. The summed E-state index contributed by atoms with van der Waals surface area (Å²) in [5.74, 6) is -0.887. The quantitative estimate of drug-likeness (QED) is 0.841. The molecule has 1 aliphatic carbocycles. The van der Waals surface area contributed by atoms with Gasteiger partial charge in [-0.15, -0.1) is 0 Å². The zero-order valence-corrected chi connectivity index (χ0v) is 13.5. The Morgan fingerprint density at radius 2 is 1.79 bits per heavy atom. The molecule has 0 amide bonds. The minimum Gasteiger partial charge on any atom is -0.504 e. The third-order valence-electron chi connectivity index (χ3n) is 4.58. The molecule has 2 heterocycles. The lowest BCUT2D eigenvalue weighted by molar-refractivity contribution is 0.0148. The Balaban J connectivity index is 2.03. The molecule has 0 saturated carbocycles. The number of carbonyl (C=O) groups is 2. The summed E-state index contributed by atoms with van der Waals surface area (Å²) in [7, 11) is 1.37. The first-order valence-corrected chi connectivity index (χ1v) is 7.66. The van der Waals surface area contributed by atoms with E-state index in [1.807, 2.05) is 6.92 Å². The van der Waals surface area contributed by atoms with E-state index in [4.69, 9.17) is 18.9 Å². The highest BCUT2D eigenvalue weighted by Crippen LogP contribution is 2.54. The third-order valence-corrected chi connectivity index (χ3v) is 4.58. The van der Waals surface area contributed by atoms with Gasteiger partial charge in [-0.25, -0.2) is 0 Å². The van der Waals surface area contributed by atoms with Gasteiger partial charge in [-0.3, -0.25) is 9.59 Å². The second-order valence-electron chi connectivity index (χ2n) is 6.04. The van der Waals surface area contributed by atoms with E-state index in [1.165, 1.54) is 7.11 Å². The number of phenols is 1. The number of aromatic hydroxyl groups is 1. The fraction of sp³-hybridized carbons (Fsp3) is 0.412. The molecule has 0 unspecified atom stereocenters. The van der Waals surface area contributed by atoms with Crippen LogP contribution in [-0.4, -0.2) is 42.8 Å². The van der Waals surface area contributed by atoms with Gasteiger partial charge in [-0.1, -0.05) is 0 Å². The van der Waals surface area contributed by atoms with Crippen LogP contribution in [0.2, 0.25) is 0 Å². The van der Waals surface area contributed by atoms with Crippen LogP contribution in [-0.2, 0) is 4.74 Å². The van der Waals surface area contributed by atoms with Gasteiger partial charge in [0.25, 0.3) is 0 Å². The molecule has 24 heavy (non-hydrogen) atoms. The molecule has 1 N–H and O–H groups in total. The smallest absolute Gasteiger partial charge is 0.231 e. The number of benzene rings is 1. The van der Waals surface area contributed by atoms with Crippen LogP contribution >= 0.6 is 0 Å². The molecule has 1 aromatic rings. The van der Waals surface area contributed by atoms with Gasteiger partial charge >= 0.3 is 0 Å². The maximum absolute atomic E-state index is 13.1. The van der Waals surface area contributed by atoms with Crippen molar-refractivity contribution in [2.24, 2.45) is 0 Å². The van der Waals surface area contributed by atoms with Crippen LogP contribution in [0.25, 0.3) is 0 Å². The number of Topliss-reactive ketones (excluding diaryl/α,β-unsaturated/α-hetero) is 2. The molecule has 1 aromatic carbocycles. The SMILES string of the molecule is COc1c2c(c(O)c3c1C(=O)C1=C(C[C@H](C)O[C@@H]1C)C3=O)OCO2. The van der Waals surface area contributed by atoms with E-state index >= 15 is 0 Å². The number of ketones is 2. The summed E-state index contributed by atoms with van der Waals surface area (Å²) in [6.45, 7) is 3.46. The lowest BCUT2D eigenvalue weighted by Gasteiger charge is -2.33. The predicted octanol–water partition coefficient (Wildman–Crippen LogP) is 2.00. The Hall–Kier alpha value is -2.54. The van der Waals surface area contributed by atoms with Crippen LogP contribution in [0.4, 0.5) is 0 Å². The molecular weight excluding hydrogens is 316 g/mol. The molecule has 4 rings (SSSR count). The van der Waals surface area contributed by atoms with Gasteiger partial charge in [0.2, 0.25) is 18.3 Å². The lowest BCUT2D eigenvalue weighted by atomic mass is 9.77. The van der Waals surface area contributed by atoms with Gasteiger partial charge in [0.1, 0.15) is 0 Å². The molecule has 0 spiro atoms. The maximum atomic E-state index is 13.1. The highest BCUT2D eigenvalue weighted by molar-refractivity contribution is 6.30. The fourth-order valence-electron chi connectivity index (χ4n) is 3.64. The summed E-state index contributed by atoms with van der Waals surface area (Å²) in [6, 6.07) is 0. The van der Waals surface area contributed by atoms with Crippen molar-refractivity contribution in [3.8, 4) is 23.0 Å². The summed E-state index contributed by atoms with van der Waals surface area (Å²) in [4.78, 5) is 26.1. The van der Waals surface area contributed by atoms with Crippen LogP contribution in [0.3, 0.4) is 0 Å². The molecule has 0 fully saturated rings. The summed E-state index contributed by atoms with van der Waals surface area (Å²) in [6.07, 6.45) is -0.374. The van der Waals surface area contributed by atoms with Gasteiger partial charge in [-0.2, -0.15) is 0 Å². The third kappa shape index (κ3) is 1.76. The minimum absolute atomic E-state index is 0.00741. The zero-order chi connectivity index (χ0) is 17.2. The van der Waals surface area contributed by atoms with Gasteiger partial charge < -0.3 is 24.1 Å². The van der Waals surface area contributed by atoms with Gasteiger partial charge in [0, 0.05) is 17.6 Å². The van der Waals surface area contributed by atoms with E-state index in [0.29, 0.717) is 17.6 Å². The topological polar surface area (TPSA) is 91.3 Å². The number of hydrogen-bond acceptors (Lipinski definition) is 7. The Kier molecular flexibility index (Phi) is 3.11. The van der Waals surface area contributed by atoms with Gasteiger partial charge in [0.15, 0.2) is 23.1 Å². The summed E-state index contributed by atoms with van der Waals surface area (Å²) in [5, 5.41) is 10.5. The Bertz CT molecular complexity index is 821. The van der Waals surface area contributed by atoms with Crippen molar-refractivity contribution in [2.45, 2.75) is 32.5 Å². The van der Waals surface area contributed by atoms with Crippen molar-refractivity contribution in [2.75, 3.05) is 13.9 Å². The Morgan fingerprint density at radius 3 is 2.50 bits per heavy atom. The van der Waals surface area contributed by atoms with Crippen molar-refractivity contribution in [1.29, 1.82) is 0 Å². The summed E-state index contributed by atoms with van der Waals surface area (Å²) < 4.78 is 21.6. The predicted molar refractivity (Wildman–Crippen MR) is 81.1 cm³/mol. The number of fused-ring (bicyclic) bond motifs is 2. The van der Waals surface area contributed by atoms with Crippen LogP contribution in [0.15, 0.2) is 11.1 Å². The molecule has 7 heteroatoms. The number of rotatable bonds is 1. The molecule has 0 radical (unpaired) electrons. The second-order valence-corrected chi connectivity index (χ2v) is 6.04. The van der Waals surface area contributed by atoms with Crippen molar-refractivity contribution in [3.05, 3.63) is 22.3 Å². The largest absolute Gasteiger partial charge is 0.504 e. The van der Waals surface area contributed by atoms with E-state index < -0.39 is 11.9 Å². The fourth-order valence-corrected chi connectivity index (χ4v) is 3.64. The maximum Gasteiger partial charge on any atom is 0.231 e. The standard InChI is InChI=1S/C17H16O7/c1-6-4-8-9(7(2)24-6)13(19)11-10(12(8)18)14(20)16-17(15(11)21-3)23-5-22-16/h6-7,20H,4-5H2,1-3H3/t6-,7+/m0/s1. The molecule has 0 aromatic heterocycles. The first-order chi connectivity index (χ1) is 11.5.